The Labute approximate surface area is 115 Å². The summed E-state index contributed by atoms with van der Waals surface area (Å²) in [4.78, 5) is 12.8. The molecule has 0 bridgehead atoms. The highest BCUT2D eigenvalue weighted by Crippen LogP contribution is 2.20. The minimum Gasteiger partial charge on any atom is -0.465 e. The number of nitrogens with two attached hydrogens (primary N) is 1. The van der Waals surface area contributed by atoms with E-state index in [9.17, 15) is 4.79 Å². The lowest BCUT2D eigenvalue weighted by molar-refractivity contribution is 0.0591. The summed E-state index contributed by atoms with van der Waals surface area (Å²) in [7, 11) is 1.34. The van der Waals surface area contributed by atoms with Crippen molar-refractivity contribution in [2.75, 3.05) is 12.8 Å². The van der Waals surface area contributed by atoms with Gasteiger partial charge in [-0.1, -0.05) is 18.2 Å². The monoisotopic (exact) mass is 277 g/mol. The molecule has 0 saturated carbocycles. The van der Waals surface area contributed by atoms with Gasteiger partial charge in [-0.05, 0) is 23.1 Å². The second kappa shape index (κ2) is 6.36. The molecule has 2 aromatic rings. The molecule has 2 rings (SSSR count). The topological polar surface area (TPSA) is 61.5 Å². The van der Waals surface area contributed by atoms with Crippen molar-refractivity contribution in [3.8, 4) is 0 Å². The molecule has 4 nitrogen and oxygen atoms in total. The number of carbonyl (C=O) groups is 1. The first-order chi connectivity index (χ1) is 9.22. The number of nitrogen functional groups attached to an aromatic ring is 1. The maximum Gasteiger partial charge on any atom is 0.340 e. The lowest BCUT2D eigenvalue weighted by Crippen LogP contribution is -2.10. The van der Waals surface area contributed by atoms with Gasteiger partial charge in [0, 0.05) is 10.6 Å². The van der Waals surface area contributed by atoms with Crippen molar-refractivity contribution < 1.29 is 14.3 Å². The third-order valence-electron chi connectivity index (χ3n) is 2.65. The number of carbonyl (C=O) groups excluding carboxylic acids is 1. The van der Waals surface area contributed by atoms with E-state index in [1.165, 1.54) is 7.11 Å². The van der Waals surface area contributed by atoms with Gasteiger partial charge in [-0.3, -0.25) is 0 Å². The largest absolute Gasteiger partial charge is 0.465 e. The van der Waals surface area contributed by atoms with Crippen LogP contribution in [0, 0.1) is 0 Å². The second-order valence-corrected chi connectivity index (χ2v) is 4.98. The molecule has 0 aliphatic heterocycles. The zero-order valence-corrected chi connectivity index (χ0v) is 11.4. The van der Waals surface area contributed by atoms with Crippen LogP contribution >= 0.6 is 11.3 Å². The average Bonchev–Trinajstić information content (AvgIpc) is 2.91. The molecule has 1 aromatic carbocycles. The van der Waals surface area contributed by atoms with E-state index in [1.54, 1.807) is 23.5 Å². The summed E-state index contributed by atoms with van der Waals surface area (Å²) in [6.45, 7) is 0.848. The Morgan fingerprint density at radius 3 is 2.79 bits per heavy atom. The van der Waals surface area contributed by atoms with E-state index >= 15 is 0 Å². The lowest BCUT2D eigenvalue weighted by atomic mass is 10.1. The summed E-state index contributed by atoms with van der Waals surface area (Å²) in [6.07, 6.45) is 0. The molecule has 0 aliphatic carbocycles. The summed E-state index contributed by atoms with van der Waals surface area (Å²) >= 11 is 1.63. The Morgan fingerprint density at radius 1 is 1.26 bits per heavy atom. The van der Waals surface area contributed by atoms with Crippen molar-refractivity contribution in [1.29, 1.82) is 0 Å². The zero-order chi connectivity index (χ0) is 13.7. The van der Waals surface area contributed by atoms with Crippen LogP contribution < -0.4 is 5.73 Å². The van der Waals surface area contributed by atoms with E-state index in [1.807, 2.05) is 23.6 Å². The van der Waals surface area contributed by atoms with E-state index in [0.29, 0.717) is 24.5 Å². The molecule has 0 aliphatic rings. The van der Waals surface area contributed by atoms with Gasteiger partial charge in [0.25, 0.3) is 0 Å². The Balaban J connectivity index is 2.07. The lowest BCUT2D eigenvalue weighted by Gasteiger charge is -2.10. The maximum atomic E-state index is 11.7. The summed E-state index contributed by atoms with van der Waals surface area (Å²) in [5, 5.41) is 2.00. The molecule has 0 fully saturated rings. The number of methoxy groups -OCH3 is 1. The predicted octanol–water partition coefficient (Wildman–Crippen LogP) is 2.83. The Hall–Kier alpha value is -1.85. The van der Waals surface area contributed by atoms with Crippen molar-refractivity contribution in [3.63, 3.8) is 0 Å². The van der Waals surface area contributed by atoms with Gasteiger partial charge < -0.3 is 15.2 Å². The second-order valence-electron chi connectivity index (χ2n) is 3.95. The van der Waals surface area contributed by atoms with Crippen LogP contribution in [0.1, 0.15) is 20.8 Å². The quantitative estimate of drug-likeness (QED) is 0.674. The van der Waals surface area contributed by atoms with Crippen molar-refractivity contribution in [2.24, 2.45) is 0 Å². The third kappa shape index (κ3) is 3.33. The summed E-state index contributed by atoms with van der Waals surface area (Å²) < 4.78 is 10.3. The fourth-order valence-electron chi connectivity index (χ4n) is 1.75. The molecule has 0 atom stereocenters. The predicted molar refractivity (Wildman–Crippen MR) is 75.0 cm³/mol. The molecule has 0 amide bonds. The molecular formula is C14H15NO3S. The fraction of sp³-hybridized carbons (Fsp3) is 0.214. The highest BCUT2D eigenvalue weighted by Gasteiger charge is 2.15. The number of rotatable bonds is 5. The first kappa shape index (κ1) is 13.6. The Kier molecular flexibility index (Phi) is 4.54. The molecule has 19 heavy (non-hydrogen) atoms. The highest BCUT2D eigenvalue weighted by atomic mass is 32.1. The smallest absolute Gasteiger partial charge is 0.340 e. The van der Waals surface area contributed by atoms with Gasteiger partial charge in [0.1, 0.15) is 0 Å². The number of ether oxygens (including phenoxy) is 2. The molecule has 2 N–H and O–H groups in total. The van der Waals surface area contributed by atoms with Gasteiger partial charge in [0.05, 0.1) is 25.9 Å². The SMILES string of the molecule is COC(=O)c1c(N)cccc1COCc1cccs1. The van der Waals surface area contributed by atoms with Crippen LogP contribution in [0.25, 0.3) is 0 Å². The van der Waals surface area contributed by atoms with Crippen LogP contribution in [-0.2, 0) is 22.7 Å². The van der Waals surface area contributed by atoms with Gasteiger partial charge >= 0.3 is 5.97 Å². The zero-order valence-electron chi connectivity index (χ0n) is 10.6. The summed E-state index contributed by atoms with van der Waals surface area (Å²) in [5.74, 6) is -0.437. The molecular weight excluding hydrogens is 262 g/mol. The third-order valence-corrected chi connectivity index (χ3v) is 3.50. The van der Waals surface area contributed by atoms with Crippen LogP contribution in [0.3, 0.4) is 0 Å². The van der Waals surface area contributed by atoms with Crippen LogP contribution in [0.4, 0.5) is 5.69 Å². The van der Waals surface area contributed by atoms with Crippen molar-refractivity contribution in [2.45, 2.75) is 13.2 Å². The van der Waals surface area contributed by atoms with Gasteiger partial charge in [0.15, 0.2) is 0 Å². The molecule has 0 spiro atoms. The summed E-state index contributed by atoms with van der Waals surface area (Å²) in [5.41, 5.74) is 7.34. The number of hydrogen-bond donors (Lipinski definition) is 1. The molecule has 0 saturated heterocycles. The van der Waals surface area contributed by atoms with Crippen LogP contribution in [0.15, 0.2) is 35.7 Å². The van der Waals surface area contributed by atoms with E-state index in [-0.39, 0.29) is 0 Å². The first-order valence-electron chi connectivity index (χ1n) is 5.78. The molecule has 100 valence electrons. The molecule has 1 aromatic heterocycles. The number of benzene rings is 1. The van der Waals surface area contributed by atoms with E-state index in [2.05, 4.69) is 0 Å². The highest BCUT2D eigenvalue weighted by molar-refractivity contribution is 7.09. The Bertz CT molecular complexity index is 552. The standard InChI is InChI=1S/C14H15NO3S/c1-17-14(16)13-10(4-2-6-12(13)15)8-18-9-11-5-3-7-19-11/h2-7H,8-9,15H2,1H3. The molecule has 0 unspecified atom stereocenters. The minimum absolute atomic E-state index is 0.327. The van der Waals surface area contributed by atoms with Crippen molar-refractivity contribution in [3.05, 3.63) is 51.7 Å². The van der Waals surface area contributed by atoms with Gasteiger partial charge in [-0.25, -0.2) is 4.79 Å². The average molecular weight is 277 g/mol. The number of hydrogen-bond acceptors (Lipinski definition) is 5. The molecule has 5 heteroatoms. The maximum absolute atomic E-state index is 11.7. The number of esters is 1. The van der Waals surface area contributed by atoms with Crippen molar-refractivity contribution in [1.82, 2.24) is 0 Å². The van der Waals surface area contributed by atoms with Gasteiger partial charge in [0.2, 0.25) is 0 Å². The molecule has 1 heterocycles. The minimum atomic E-state index is -0.437. The normalized spacial score (nSPS) is 10.4. The molecule has 0 radical (unpaired) electrons. The Morgan fingerprint density at radius 2 is 2.11 bits per heavy atom. The number of thiophene rings is 1. The number of anilines is 1. The van der Waals surface area contributed by atoms with E-state index < -0.39 is 5.97 Å². The van der Waals surface area contributed by atoms with E-state index in [0.717, 1.165) is 10.4 Å². The van der Waals surface area contributed by atoms with E-state index in [4.69, 9.17) is 15.2 Å². The first-order valence-corrected chi connectivity index (χ1v) is 6.66. The van der Waals surface area contributed by atoms with Crippen LogP contribution in [0.2, 0.25) is 0 Å². The fourth-order valence-corrected chi connectivity index (χ4v) is 2.39. The van der Waals surface area contributed by atoms with Gasteiger partial charge in [-0.2, -0.15) is 0 Å². The van der Waals surface area contributed by atoms with Crippen LogP contribution in [-0.4, -0.2) is 13.1 Å². The van der Waals surface area contributed by atoms with Crippen molar-refractivity contribution >= 4 is 23.0 Å². The van der Waals surface area contributed by atoms with Crippen LogP contribution in [0.5, 0.6) is 0 Å². The summed E-state index contributed by atoms with van der Waals surface area (Å²) in [6, 6.07) is 9.27. The van der Waals surface area contributed by atoms with Gasteiger partial charge in [-0.15, -0.1) is 11.3 Å².